The predicted octanol–water partition coefficient (Wildman–Crippen LogP) is 6.76. The van der Waals surface area contributed by atoms with Gasteiger partial charge >= 0.3 is 23.8 Å². The molecule has 0 aliphatic carbocycles. The maximum Gasteiger partial charge on any atom is 0.434 e. The molecule has 0 spiro atoms. The molecule has 2 aromatic carbocycles. The number of carbonyl (C=O) groups excluding carboxylic acids is 2. The molecule has 226 valence electrons. The van der Waals surface area contributed by atoms with Crippen LogP contribution in [0, 0.1) is 5.21 Å². The van der Waals surface area contributed by atoms with Gasteiger partial charge in [0.25, 0.3) is 11.8 Å². The number of benzene rings is 2. The summed E-state index contributed by atoms with van der Waals surface area (Å²) in [5.41, 5.74) is -8.68. The summed E-state index contributed by atoms with van der Waals surface area (Å²) in [5, 5.41) is 10.1. The van der Waals surface area contributed by atoms with Crippen molar-refractivity contribution in [3.63, 3.8) is 0 Å². The minimum absolute atomic E-state index is 0.0436. The van der Waals surface area contributed by atoms with Gasteiger partial charge in [-0.25, -0.2) is 4.39 Å². The fourth-order valence-corrected chi connectivity index (χ4v) is 4.31. The Morgan fingerprint density at radius 3 is 2.14 bits per heavy atom. The standard InChI is InChI=1S/C24H15BrClF8N3O5/c1-41-18-13(3-2-4-15(18)35-19(38)11-5-7-37(40)8-6-11)20(39)36-17-14(25)9-12(10-16(17)42-21(27)28)22(29,23(26,30)31)24(32,33)34/h2-10,21H,1H3,(H,35,38)(H,36,39). The largest absolute Gasteiger partial charge is 0.619 e. The van der Waals surface area contributed by atoms with Gasteiger partial charge in [0.15, 0.2) is 23.9 Å². The van der Waals surface area contributed by atoms with Crippen molar-refractivity contribution in [3.05, 3.63) is 81.2 Å². The van der Waals surface area contributed by atoms with Crippen molar-refractivity contribution in [1.82, 2.24) is 0 Å². The van der Waals surface area contributed by atoms with Crippen LogP contribution in [0.3, 0.4) is 0 Å². The lowest BCUT2D eigenvalue weighted by molar-refractivity contribution is -0.605. The maximum absolute atomic E-state index is 14.9. The summed E-state index contributed by atoms with van der Waals surface area (Å²) in [5.74, 6) is -3.51. The molecule has 8 nitrogen and oxygen atoms in total. The highest BCUT2D eigenvalue weighted by Gasteiger charge is 2.72. The summed E-state index contributed by atoms with van der Waals surface area (Å²) in [6.45, 7) is -3.76. The first-order valence-corrected chi connectivity index (χ1v) is 12.2. The highest BCUT2D eigenvalue weighted by Crippen LogP contribution is 2.56. The van der Waals surface area contributed by atoms with Crippen LogP contribution in [0.2, 0.25) is 0 Å². The van der Waals surface area contributed by atoms with Crippen LogP contribution in [0.5, 0.6) is 11.5 Å². The van der Waals surface area contributed by atoms with E-state index in [-0.39, 0.29) is 34.7 Å². The van der Waals surface area contributed by atoms with E-state index in [9.17, 15) is 49.9 Å². The van der Waals surface area contributed by atoms with E-state index in [4.69, 9.17) is 4.74 Å². The van der Waals surface area contributed by atoms with Gasteiger partial charge < -0.3 is 25.3 Å². The average molecular weight is 693 g/mol. The van der Waals surface area contributed by atoms with Gasteiger partial charge in [-0.05, 0) is 51.8 Å². The van der Waals surface area contributed by atoms with Gasteiger partial charge in [0.2, 0.25) is 0 Å². The van der Waals surface area contributed by atoms with Crippen LogP contribution >= 0.6 is 27.5 Å². The van der Waals surface area contributed by atoms with Gasteiger partial charge in [-0.1, -0.05) is 6.07 Å². The molecule has 1 aromatic heterocycles. The van der Waals surface area contributed by atoms with Crippen LogP contribution in [0.25, 0.3) is 0 Å². The third-order valence-corrected chi connectivity index (χ3v) is 6.35. The van der Waals surface area contributed by atoms with Crippen LogP contribution in [0.1, 0.15) is 26.3 Å². The molecule has 42 heavy (non-hydrogen) atoms. The second-order valence-corrected chi connectivity index (χ2v) is 9.43. The van der Waals surface area contributed by atoms with Crippen LogP contribution in [-0.2, 0) is 5.67 Å². The van der Waals surface area contributed by atoms with Crippen molar-refractivity contribution in [3.8, 4) is 11.5 Å². The van der Waals surface area contributed by atoms with Crippen molar-refractivity contribution < 1.29 is 58.9 Å². The van der Waals surface area contributed by atoms with E-state index in [2.05, 4.69) is 42.9 Å². The lowest BCUT2D eigenvalue weighted by Gasteiger charge is -2.32. The molecule has 1 atom stereocenters. The Kier molecular flexibility index (Phi) is 9.46. The number of halogens is 10. The molecule has 0 radical (unpaired) electrons. The molecule has 1 unspecified atom stereocenters. The zero-order chi connectivity index (χ0) is 31.6. The van der Waals surface area contributed by atoms with Crippen molar-refractivity contribution >= 4 is 50.7 Å². The fraction of sp³-hybridized carbons (Fsp3) is 0.208. The molecule has 3 rings (SSSR count). The highest BCUT2D eigenvalue weighted by atomic mass is 79.9. The molecule has 18 heteroatoms. The van der Waals surface area contributed by atoms with Crippen LogP contribution in [0.15, 0.2) is 59.3 Å². The number of amides is 2. The number of anilines is 2. The van der Waals surface area contributed by atoms with E-state index >= 15 is 0 Å². The second-order valence-electron chi connectivity index (χ2n) is 8.11. The Morgan fingerprint density at radius 1 is 1.00 bits per heavy atom. The van der Waals surface area contributed by atoms with Gasteiger partial charge in [0.1, 0.15) is 0 Å². The van der Waals surface area contributed by atoms with Gasteiger partial charge in [0, 0.05) is 22.2 Å². The van der Waals surface area contributed by atoms with E-state index in [1.807, 2.05) is 0 Å². The van der Waals surface area contributed by atoms with Crippen LogP contribution in [-0.4, -0.2) is 37.1 Å². The monoisotopic (exact) mass is 691 g/mol. The van der Waals surface area contributed by atoms with E-state index in [1.165, 1.54) is 24.3 Å². The van der Waals surface area contributed by atoms with E-state index in [1.54, 1.807) is 0 Å². The zero-order valence-electron chi connectivity index (χ0n) is 20.5. The number of hydrogen-bond donors (Lipinski definition) is 2. The number of pyridine rings is 1. The Morgan fingerprint density at radius 2 is 1.62 bits per heavy atom. The number of para-hydroxylation sites is 1. The topological polar surface area (TPSA) is 104 Å². The van der Waals surface area contributed by atoms with Crippen molar-refractivity contribution in [1.29, 1.82) is 0 Å². The Bertz CT molecular complexity index is 1470. The molecular weight excluding hydrogens is 678 g/mol. The number of aromatic nitrogens is 1. The third kappa shape index (κ3) is 6.61. The van der Waals surface area contributed by atoms with Crippen molar-refractivity contribution in [2.75, 3.05) is 17.7 Å². The van der Waals surface area contributed by atoms with Gasteiger partial charge in [0.05, 0.1) is 29.6 Å². The fourth-order valence-electron chi connectivity index (χ4n) is 3.55. The first kappa shape index (κ1) is 32.7. The van der Waals surface area contributed by atoms with Gasteiger partial charge in [-0.2, -0.15) is 35.5 Å². The van der Waals surface area contributed by atoms with Crippen molar-refractivity contribution in [2.24, 2.45) is 0 Å². The first-order chi connectivity index (χ1) is 19.4. The smallest absolute Gasteiger partial charge is 0.434 e. The molecule has 0 bridgehead atoms. The van der Waals surface area contributed by atoms with Gasteiger partial charge in [-0.15, -0.1) is 0 Å². The van der Waals surface area contributed by atoms with Crippen molar-refractivity contribution in [2.45, 2.75) is 23.8 Å². The number of nitrogens with one attached hydrogen (secondary N) is 2. The molecule has 0 saturated carbocycles. The van der Waals surface area contributed by atoms with E-state index < -0.39 is 57.1 Å². The third-order valence-electron chi connectivity index (χ3n) is 5.46. The lowest BCUT2D eigenvalue weighted by Crippen LogP contribution is -2.49. The average Bonchev–Trinajstić information content (AvgIpc) is 2.88. The Labute approximate surface area is 243 Å². The number of hydrogen-bond acceptors (Lipinski definition) is 5. The number of methoxy groups -OCH3 is 1. The molecule has 0 aliphatic heterocycles. The van der Waals surface area contributed by atoms with E-state index in [0.29, 0.717) is 4.73 Å². The van der Waals surface area contributed by atoms with Crippen LogP contribution < -0.4 is 24.8 Å². The molecule has 0 saturated heterocycles. The van der Waals surface area contributed by atoms with E-state index in [0.717, 1.165) is 25.6 Å². The number of carbonyl (C=O) groups is 2. The summed E-state index contributed by atoms with van der Waals surface area (Å²) in [7, 11) is 1.10. The second kappa shape index (κ2) is 12.2. The Balaban J connectivity index is 2.04. The number of alkyl halides is 9. The molecule has 3 aromatic rings. The van der Waals surface area contributed by atoms with Gasteiger partial charge in [-0.3, -0.25) is 9.59 Å². The molecule has 0 aliphatic rings. The summed E-state index contributed by atoms with van der Waals surface area (Å²) in [6.07, 6.45) is -4.22. The molecule has 2 N–H and O–H groups in total. The number of nitrogens with zero attached hydrogens (tertiary/aromatic N) is 1. The normalized spacial score (nSPS) is 13.3. The maximum atomic E-state index is 14.9. The first-order valence-electron chi connectivity index (χ1n) is 11.0. The summed E-state index contributed by atoms with van der Waals surface area (Å²) < 4.78 is 118. The quantitative estimate of drug-likeness (QED) is 0.112. The zero-order valence-corrected chi connectivity index (χ0v) is 22.9. The predicted molar refractivity (Wildman–Crippen MR) is 135 cm³/mol. The number of ether oxygens (including phenoxy) is 2. The SMILES string of the molecule is COc1c(NC(=O)c2cc[n+]([O-])cc2)cccc1C(=O)Nc1c(Br)cc(C(F)(C(F)(F)F)C(F)(F)Cl)cc1OC(F)F. The highest BCUT2D eigenvalue weighted by molar-refractivity contribution is 9.10. The lowest BCUT2D eigenvalue weighted by atomic mass is 9.94. The molecule has 2 amide bonds. The summed E-state index contributed by atoms with van der Waals surface area (Å²) in [6, 6.07) is 6.15. The minimum atomic E-state index is -6.32. The minimum Gasteiger partial charge on any atom is -0.619 e. The summed E-state index contributed by atoms with van der Waals surface area (Å²) >= 11 is 7.10. The Hall–Kier alpha value is -3.86. The molecule has 1 heterocycles. The van der Waals surface area contributed by atoms with Crippen LogP contribution in [0.4, 0.5) is 46.5 Å². The summed E-state index contributed by atoms with van der Waals surface area (Å²) in [4.78, 5) is 25.7. The number of rotatable bonds is 9. The molecular formula is C24H15BrClF8N3O5. The molecule has 0 fully saturated rings.